The molecule has 0 rings (SSSR count). The van der Waals surface area contributed by atoms with E-state index in [-0.39, 0.29) is 25.0 Å². The summed E-state index contributed by atoms with van der Waals surface area (Å²) < 4.78 is 8.06. The third-order valence-corrected chi connectivity index (χ3v) is 0. The quantitative estimate of drug-likeness (QED) is 0.299. The monoisotopic (exact) mass is 99.0 g/mol. The summed E-state index contributed by atoms with van der Waals surface area (Å²) in [4.78, 5) is 0. The van der Waals surface area contributed by atoms with Gasteiger partial charge in [-0.1, -0.05) is 0 Å². The van der Waals surface area contributed by atoms with Crippen LogP contribution in [0.25, 0.3) is 0 Å². The molecule has 0 heterocycles. The first-order valence-electron chi connectivity index (χ1n) is 0.154. The topological polar surface area (TPSA) is 17.1 Å². The second kappa shape index (κ2) is 43.5. The Balaban J connectivity index is -0.00000000167. The van der Waals surface area contributed by atoms with Crippen molar-refractivity contribution in [3.8, 4) is 0 Å². The van der Waals surface area contributed by atoms with Gasteiger partial charge in [0.2, 0.25) is 0 Å². The predicted octanol–water partition coefficient (Wildman–Crippen LogP) is -2.85. The molecule has 0 aliphatic carbocycles. The molecular formula is H2FLiMnO. The fraction of sp³-hybridized carbons (Fsp3) is 0. The molecule has 0 amide bonds. The van der Waals surface area contributed by atoms with Crippen molar-refractivity contribution in [2.75, 3.05) is 0 Å². The van der Waals surface area contributed by atoms with Gasteiger partial charge >= 0.3 is 38.6 Å². The first-order valence-corrected chi connectivity index (χ1v) is 0.636. The summed E-state index contributed by atoms with van der Waals surface area (Å²) >= 11 is 1.69. The van der Waals surface area contributed by atoms with E-state index in [9.17, 15) is 0 Å². The van der Waals surface area contributed by atoms with Crippen molar-refractivity contribution in [3.05, 3.63) is 0 Å². The Morgan fingerprint density at radius 2 is 1.50 bits per heavy atom. The SMILES string of the molecule is F.[H-].[Li+].[O]=[Mn]. The second-order valence-electron chi connectivity index (χ2n) is 0. The molecule has 0 aromatic heterocycles. The maximum absolute atomic E-state index is 8.06. The molecule has 0 unspecified atom stereocenters. The van der Waals surface area contributed by atoms with Crippen LogP contribution in [0.1, 0.15) is 1.43 Å². The van der Waals surface area contributed by atoms with E-state index in [4.69, 9.17) is 3.83 Å². The molecule has 4 heteroatoms. The van der Waals surface area contributed by atoms with Crippen LogP contribution in [-0.4, -0.2) is 0 Å². The van der Waals surface area contributed by atoms with Crippen LogP contribution in [0.2, 0.25) is 0 Å². The molecule has 0 spiro atoms. The Labute approximate surface area is 45.2 Å². The average Bonchev–Trinajstić information content (AvgIpc) is 1.00. The van der Waals surface area contributed by atoms with Gasteiger partial charge in [-0.05, 0) is 0 Å². The molecule has 0 radical (unpaired) electrons. The van der Waals surface area contributed by atoms with Gasteiger partial charge in [0, 0.05) is 0 Å². The average molecular weight is 98.9 g/mol. The molecule has 0 N–H and O–H groups in total. The molecule has 0 atom stereocenters. The van der Waals surface area contributed by atoms with Crippen LogP contribution in [-0.2, 0) is 19.8 Å². The van der Waals surface area contributed by atoms with Gasteiger partial charge in [-0.3, -0.25) is 4.70 Å². The van der Waals surface area contributed by atoms with Gasteiger partial charge in [0.05, 0.1) is 0 Å². The van der Waals surface area contributed by atoms with Crippen LogP contribution in [0.15, 0.2) is 0 Å². The third kappa shape index (κ3) is 13.5. The number of rotatable bonds is 0. The van der Waals surface area contributed by atoms with Crippen molar-refractivity contribution >= 4 is 0 Å². The van der Waals surface area contributed by atoms with Crippen LogP contribution >= 0.6 is 0 Å². The van der Waals surface area contributed by atoms with Crippen molar-refractivity contribution < 1.29 is 44.8 Å². The Morgan fingerprint density at radius 3 is 1.50 bits per heavy atom. The van der Waals surface area contributed by atoms with Crippen molar-refractivity contribution in [1.29, 1.82) is 0 Å². The number of hydrogen-bond donors (Lipinski definition) is 0. The third-order valence-electron chi connectivity index (χ3n) is 0. The van der Waals surface area contributed by atoms with Crippen LogP contribution in [0.4, 0.5) is 4.70 Å². The molecule has 0 bridgehead atoms. The zero-order valence-corrected chi connectivity index (χ0v) is 3.37. The standard InChI is InChI=1S/FH.Li.Mn.O.H/h1H;;;;/q;+1;;;-1. The van der Waals surface area contributed by atoms with Gasteiger partial charge < -0.3 is 1.43 Å². The molecule has 0 aromatic carbocycles. The van der Waals surface area contributed by atoms with E-state index in [2.05, 4.69) is 0 Å². The summed E-state index contributed by atoms with van der Waals surface area (Å²) in [7, 11) is 0. The van der Waals surface area contributed by atoms with Gasteiger partial charge in [-0.2, -0.15) is 0 Å². The van der Waals surface area contributed by atoms with E-state index in [1.54, 1.807) is 15.9 Å². The van der Waals surface area contributed by atoms with Gasteiger partial charge in [0.25, 0.3) is 0 Å². The maximum atomic E-state index is 8.06. The molecule has 0 saturated carbocycles. The van der Waals surface area contributed by atoms with Gasteiger partial charge in [0.1, 0.15) is 0 Å². The summed E-state index contributed by atoms with van der Waals surface area (Å²) in [5.41, 5.74) is 0. The van der Waals surface area contributed by atoms with E-state index in [1.807, 2.05) is 0 Å². The molecule has 0 aromatic rings. The van der Waals surface area contributed by atoms with E-state index in [0.717, 1.165) is 0 Å². The molecule has 0 aliphatic rings. The zero-order valence-electron chi connectivity index (χ0n) is 3.19. The van der Waals surface area contributed by atoms with E-state index >= 15 is 0 Å². The molecule has 0 fully saturated rings. The van der Waals surface area contributed by atoms with Gasteiger partial charge in [0.15, 0.2) is 0 Å². The fourth-order valence-electron chi connectivity index (χ4n) is 0. The number of hydrogen-bond acceptors (Lipinski definition) is 1. The van der Waals surface area contributed by atoms with Crippen LogP contribution in [0, 0.1) is 0 Å². The Bertz CT molecular complexity index is 11.6. The molecule has 1 nitrogen and oxygen atoms in total. The molecular weight excluding hydrogens is 96.9 g/mol. The van der Waals surface area contributed by atoms with Crippen molar-refractivity contribution in [1.82, 2.24) is 0 Å². The zero-order chi connectivity index (χ0) is 2.00. The van der Waals surface area contributed by atoms with Crippen LogP contribution in [0.3, 0.4) is 0 Å². The molecule has 23 valence electrons. The fourth-order valence-corrected chi connectivity index (χ4v) is 0. The normalized spacial score (nSPS) is 1.00. The summed E-state index contributed by atoms with van der Waals surface area (Å²) in [5.74, 6) is 0. The van der Waals surface area contributed by atoms with Crippen molar-refractivity contribution in [2.24, 2.45) is 0 Å². The molecule has 0 saturated heterocycles. The van der Waals surface area contributed by atoms with Crippen molar-refractivity contribution in [2.45, 2.75) is 0 Å². The first kappa shape index (κ1) is 21.0. The summed E-state index contributed by atoms with van der Waals surface area (Å²) in [6.07, 6.45) is 0. The molecule has 0 aliphatic heterocycles. The first-order chi connectivity index (χ1) is 1.00. The number of halogens is 1. The predicted molar refractivity (Wildman–Crippen MR) is 4.30 cm³/mol. The second-order valence-corrected chi connectivity index (χ2v) is 0. The summed E-state index contributed by atoms with van der Waals surface area (Å²) in [6.45, 7) is 0. The van der Waals surface area contributed by atoms with E-state index in [0.29, 0.717) is 0 Å². The van der Waals surface area contributed by atoms with E-state index in [1.165, 1.54) is 0 Å². The Hall–Kier alpha value is 0.847. The Kier molecular flexibility index (Phi) is 229. The minimum atomic E-state index is 0. The Morgan fingerprint density at radius 1 is 1.50 bits per heavy atom. The van der Waals surface area contributed by atoms with Gasteiger partial charge in [-0.25, -0.2) is 0 Å². The van der Waals surface area contributed by atoms with Crippen LogP contribution in [0.5, 0.6) is 0 Å². The summed E-state index contributed by atoms with van der Waals surface area (Å²) in [6, 6.07) is 0. The molecule has 4 heavy (non-hydrogen) atoms. The van der Waals surface area contributed by atoms with Crippen molar-refractivity contribution in [3.63, 3.8) is 0 Å². The van der Waals surface area contributed by atoms with Crippen LogP contribution < -0.4 is 18.9 Å². The summed E-state index contributed by atoms with van der Waals surface area (Å²) in [5, 5.41) is 0. The van der Waals surface area contributed by atoms with Gasteiger partial charge in [-0.15, -0.1) is 0 Å². The minimum absolute atomic E-state index is 0. The van der Waals surface area contributed by atoms with E-state index < -0.39 is 0 Å².